The fourth-order valence-electron chi connectivity index (χ4n) is 4.18. The summed E-state index contributed by atoms with van der Waals surface area (Å²) in [5, 5.41) is 13.8. The molecule has 2 aromatic carbocycles. The monoisotopic (exact) mass is 353 g/mol. The molecule has 3 rings (SSSR count). The highest BCUT2D eigenvalue weighted by Gasteiger charge is 2.50. The molecule has 0 aliphatic carbocycles. The van der Waals surface area contributed by atoms with E-state index in [1.165, 1.54) is 10.3 Å². The molecule has 2 atom stereocenters. The van der Waals surface area contributed by atoms with Crippen LogP contribution in [0, 0.1) is 5.21 Å². The predicted molar refractivity (Wildman–Crippen MR) is 105 cm³/mol. The molecule has 0 radical (unpaired) electrons. The standard InChI is InChI=1S/C22H24ClNO/c1-3-14-22(18-8-6-5-7-9-18)16-20(24(25)21(22)4-2)15-17-10-12-19(23)13-11-17/h3,5-13,20H,1,4,14-16H2,2H3/t20-,22+/m1/s1. The zero-order valence-corrected chi connectivity index (χ0v) is 15.4. The largest absolute Gasteiger partial charge is 0.624 e. The van der Waals surface area contributed by atoms with Gasteiger partial charge in [-0.3, -0.25) is 0 Å². The second-order valence-corrected chi connectivity index (χ2v) is 7.19. The third-order valence-corrected chi connectivity index (χ3v) is 5.52. The van der Waals surface area contributed by atoms with Crippen molar-refractivity contribution in [3.63, 3.8) is 0 Å². The Morgan fingerprint density at radius 2 is 1.88 bits per heavy atom. The van der Waals surface area contributed by atoms with E-state index in [2.05, 4.69) is 37.8 Å². The summed E-state index contributed by atoms with van der Waals surface area (Å²) in [7, 11) is 0. The number of hydrogen-bond donors (Lipinski definition) is 0. The summed E-state index contributed by atoms with van der Waals surface area (Å²) >= 11 is 5.98. The van der Waals surface area contributed by atoms with E-state index in [-0.39, 0.29) is 11.5 Å². The fraction of sp³-hybridized carbons (Fsp3) is 0.318. The van der Waals surface area contributed by atoms with Crippen molar-refractivity contribution in [2.45, 2.75) is 44.1 Å². The Bertz CT molecular complexity index is 766. The van der Waals surface area contributed by atoms with Gasteiger partial charge >= 0.3 is 0 Å². The maximum absolute atomic E-state index is 13.1. The minimum atomic E-state index is -0.239. The summed E-state index contributed by atoms with van der Waals surface area (Å²) in [6.07, 6.45) is 5.04. The molecule has 0 fully saturated rings. The van der Waals surface area contributed by atoms with Gasteiger partial charge in [-0.05, 0) is 29.7 Å². The van der Waals surface area contributed by atoms with Gasteiger partial charge in [0.05, 0.1) is 5.41 Å². The highest BCUT2D eigenvalue weighted by Crippen LogP contribution is 2.41. The van der Waals surface area contributed by atoms with Gasteiger partial charge in [0, 0.05) is 24.3 Å². The second-order valence-electron chi connectivity index (χ2n) is 6.76. The minimum absolute atomic E-state index is 0.0590. The van der Waals surface area contributed by atoms with Gasteiger partial charge in [0.25, 0.3) is 0 Å². The van der Waals surface area contributed by atoms with Crippen LogP contribution < -0.4 is 0 Å². The van der Waals surface area contributed by atoms with Crippen molar-refractivity contribution in [1.82, 2.24) is 0 Å². The second kappa shape index (κ2) is 7.45. The van der Waals surface area contributed by atoms with E-state index in [9.17, 15) is 5.21 Å². The zero-order valence-electron chi connectivity index (χ0n) is 14.6. The number of benzene rings is 2. The van der Waals surface area contributed by atoms with Gasteiger partial charge in [-0.2, -0.15) is 0 Å². The summed E-state index contributed by atoms with van der Waals surface area (Å²) < 4.78 is 1.27. The number of nitrogens with zero attached hydrogens (tertiary/aromatic N) is 1. The van der Waals surface area contributed by atoms with Crippen molar-refractivity contribution < 1.29 is 4.74 Å². The van der Waals surface area contributed by atoms with Crippen LogP contribution >= 0.6 is 11.6 Å². The van der Waals surface area contributed by atoms with Crippen molar-refractivity contribution in [3.05, 3.63) is 88.6 Å². The van der Waals surface area contributed by atoms with Crippen LogP contribution in [-0.2, 0) is 11.8 Å². The van der Waals surface area contributed by atoms with Crippen LogP contribution in [-0.4, -0.2) is 16.5 Å². The lowest BCUT2D eigenvalue weighted by atomic mass is 9.70. The Morgan fingerprint density at radius 3 is 2.48 bits per heavy atom. The van der Waals surface area contributed by atoms with Gasteiger partial charge in [0.15, 0.2) is 11.8 Å². The summed E-state index contributed by atoms with van der Waals surface area (Å²) in [6, 6.07) is 18.1. The van der Waals surface area contributed by atoms with E-state index < -0.39 is 0 Å². The molecule has 2 nitrogen and oxygen atoms in total. The Hall–Kier alpha value is -2.06. The Labute approximate surface area is 155 Å². The van der Waals surface area contributed by atoms with Gasteiger partial charge in [-0.15, -0.1) is 6.58 Å². The first-order valence-electron chi connectivity index (χ1n) is 8.84. The Morgan fingerprint density at radius 1 is 1.20 bits per heavy atom. The van der Waals surface area contributed by atoms with Crippen LogP contribution in [0.5, 0.6) is 0 Å². The number of halogens is 1. The van der Waals surface area contributed by atoms with Crippen molar-refractivity contribution in [2.75, 3.05) is 0 Å². The van der Waals surface area contributed by atoms with Crippen LogP contribution in [0.15, 0.2) is 67.3 Å². The third kappa shape index (κ3) is 3.36. The van der Waals surface area contributed by atoms with E-state index in [1.807, 2.05) is 36.4 Å². The highest BCUT2D eigenvalue weighted by molar-refractivity contribution is 6.30. The predicted octanol–water partition coefficient (Wildman–Crippen LogP) is 5.53. The quantitative estimate of drug-likeness (QED) is 0.381. The van der Waals surface area contributed by atoms with Crippen molar-refractivity contribution in [3.8, 4) is 0 Å². The lowest BCUT2D eigenvalue weighted by Gasteiger charge is -2.27. The number of hydroxylamine groups is 1. The van der Waals surface area contributed by atoms with Crippen LogP contribution in [0.1, 0.15) is 37.3 Å². The first-order valence-corrected chi connectivity index (χ1v) is 9.22. The van der Waals surface area contributed by atoms with Gasteiger partial charge in [-0.25, -0.2) is 4.74 Å². The van der Waals surface area contributed by atoms with E-state index in [4.69, 9.17) is 11.6 Å². The minimum Gasteiger partial charge on any atom is -0.624 e. The SMILES string of the molecule is C=CC[C@@]1(c2ccccc2)C[C@@H](Cc2ccc(Cl)cc2)[N+]([O-])=C1CC. The molecule has 1 aliphatic rings. The van der Waals surface area contributed by atoms with Crippen LogP contribution in [0.25, 0.3) is 0 Å². The Balaban J connectivity index is 1.98. The average molecular weight is 354 g/mol. The summed E-state index contributed by atoms with van der Waals surface area (Å²) in [4.78, 5) is 0. The van der Waals surface area contributed by atoms with Gasteiger partial charge < -0.3 is 5.21 Å². The van der Waals surface area contributed by atoms with Crippen molar-refractivity contribution in [2.24, 2.45) is 0 Å². The maximum atomic E-state index is 13.1. The van der Waals surface area contributed by atoms with Crippen LogP contribution in [0.3, 0.4) is 0 Å². The fourth-order valence-corrected chi connectivity index (χ4v) is 4.31. The van der Waals surface area contributed by atoms with Crippen LogP contribution in [0.2, 0.25) is 5.02 Å². The van der Waals surface area contributed by atoms with E-state index in [1.54, 1.807) is 0 Å². The lowest BCUT2D eigenvalue weighted by Crippen LogP contribution is -2.33. The molecule has 0 saturated heterocycles. The lowest BCUT2D eigenvalue weighted by molar-refractivity contribution is -0.492. The first-order chi connectivity index (χ1) is 12.1. The van der Waals surface area contributed by atoms with E-state index >= 15 is 0 Å². The number of hydrogen-bond acceptors (Lipinski definition) is 1. The topological polar surface area (TPSA) is 26.1 Å². The molecule has 130 valence electrons. The molecule has 25 heavy (non-hydrogen) atoms. The van der Waals surface area contributed by atoms with Crippen molar-refractivity contribution >= 4 is 17.3 Å². The molecule has 3 heteroatoms. The zero-order chi connectivity index (χ0) is 17.9. The Kier molecular flexibility index (Phi) is 5.29. The molecule has 2 aromatic rings. The molecule has 0 spiro atoms. The molecular formula is C22H24ClNO. The van der Waals surface area contributed by atoms with Gasteiger partial charge in [0.1, 0.15) is 0 Å². The molecule has 0 saturated carbocycles. The van der Waals surface area contributed by atoms with E-state index in [0.717, 1.165) is 42.0 Å². The molecule has 0 unspecified atom stereocenters. The summed E-state index contributed by atoms with van der Waals surface area (Å²) in [5.41, 5.74) is 3.09. The number of allylic oxidation sites excluding steroid dienone is 1. The molecule has 0 bridgehead atoms. The molecule has 0 N–H and O–H groups in total. The highest BCUT2D eigenvalue weighted by atomic mass is 35.5. The smallest absolute Gasteiger partial charge is 0.174 e. The first kappa shape index (κ1) is 17.8. The molecule has 0 aromatic heterocycles. The van der Waals surface area contributed by atoms with Gasteiger partial charge in [0.2, 0.25) is 0 Å². The van der Waals surface area contributed by atoms with Crippen molar-refractivity contribution in [1.29, 1.82) is 0 Å². The summed E-state index contributed by atoms with van der Waals surface area (Å²) in [5.74, 6) is 0. The number of rotatable bonds is 6. The van der Waals surface area contributed by atoms with Gasteiger partial charge in [-0.1, -0.05) is 67.1 Å². The third-order valence-electron chi connectivity index (χ3n) is 5.27. The molecule has 1 aliphatic heterocycles. The average Bonchev–Trinajstić information content (AvgIpc) is 2.90. The normalized spacial score (nSPS) is 23.0. The molecule has 1 heterocycles. The molecular weight excluding hydrogens is 330 g/mol. The van der Waals surface area contributed by atoms with E-state index in [0.29, 0.717) is 0 Å². The molecule has 0 amide bonds. The summed E-state index contributed by atoms with van der Waals surface area (Å²) in [6.45, 7) is 6.03. The maximum Gasteiger partial charge on any atom is 0.174 e. The van der Waals surface area contributed by atoms with Crippen LogP contribution in [0.4, 0.5) is 0 Å².